The van der Waals surface area contributed by atoms with Gasteiger partial charge in [0.25, 0.3) is 0 Å². The van der Waals surface area contributed by atoms with E-state index < -0.39 is 5.38 Å². The summed E-state index contributed by atoms with van der Waals surface area (Å²) in [6.07, 6.45) is 0. The lowest BCUT2D eigenvalue weighted by Gasteiger charge is -2.18. The first kappa shape index (κ1) is 14.9. The van der Waals surface area contributed by atoms with E-state index in [4.69, 9.17) is 16.3 Å². The number of hydrogen-bond donors (Lipinski definition) is 0. The smallest absolute Gasteiger partial charge is 0.137 e. The molecule has 0 saturated heterocycles. The zero-order valence-electron chi connectivity index (χ0n) is 11.8. The summed E-state index contributed by atoms with van der Waals surface area (Å²) in [5.74, 6) is 0.605. The molecular weight excluding hydrogens is 355 g/mol. The van der Waals surface area contributed by atoms with Crippen molar-refractivity contribution in [2.75, 3.05) is 6.61 Å². The maximum atomic E-state index is 13.7. The third kappa shape index (κ3) is 2.58. The molecule has 0 saturated carbocycles. The number of hydrogen-bond acceptors (Lipinski definition) is 1. The fourth-order valence-corrected chi connectivity index (χ4v) is 3.53. The van der Waals surface area contributed by atoms with Crippen LogP contribution in [0.3, 0.4) is 0 Å². The molecule has 1 unspecified atom stereocenters. The van der Waals surface area contributed by atoms with Gasteiger partial charge in [-0.2, -0.15) is 0 Å². The predicted molar refractivity (Wildman–Crippen MR) is 86.8 cm³/mol. The number of rotatable bonds is 2. The summed E-state index contributed by atoms with van der Waals surface area (Å²) in [5.41, 5.74) is 2.80. The number of fused-ring (bicyclic) bond motifs is 1. The monoisotopic (exact) mass is 368 g/mol. The first-order valence-corrected chi connectivity index (χ1v) is 7.98. The number of alkyl halides is 1. The summed E-state index contributed by atoms with van der Waals surface area (Å²) >= 11 is 9.84. The van der Waals surface area contributed by atoms with Crippen LogP contribution >= 0.6 is 27.5 Å². The van der Waals surface area contributed by atoms with Gasteiger partial charge in [0.15, 0.2) is 0 Å². The molecule has 21 heavy (non-hydrogen) atoms. The molecule has 0 spiro atoms. The van der Waals surface area contributed by atoms with E-state index in [1.54, 1.807) is 6.07 Å². The van der Waals surface area contributed by atoms with E-state index >= 15 is 0 Å². The van der Waals surface area contributed by atoms with Crippen molar-refractivity contribution in [3.63, 3.8) is 0 Å². The van der Waals surface area contributed by atoms with Crippen molar-refractivity contribution in [2.24, 2.45) is 0 Å². The number of halogens is 3. The fourth-order valence-electron chi connectivity index (χ4n) is 2.59. The van der Waals surface area contributed by atoms with Crippen LogP contribution in [0.25, 0.3) is 0 Å². The van der Waals surface area contributed by atoms with Gasteiger partial charge in [-0.3, -0.25) is 0 Å². The van der Waals surface area contributed by atoms with Crippen molar-refractivity contribution in [3.8, 4) is 5.75 Å². The Hall–Kier alpha value is -1.06. The van der Waals surface area contributed by atoms with Crippen LogP contribution in [0.2, 0.25) is 0 Å². The fraction of sp³-hybridized carbons (Fsp3) is 0.294. The normalized spacial score (nSPS) is 17.2. The van der Waals surface area contributed by atoms with Crippen LogP contribution < -0.4 is 4.74 Å². The van der Waals surface area contributed by atoms with Crippen molar-refractivity contribution < 1.29 is 9.13 Å². The molecule has 3 rings (SSSR count). The molecule has 4 heteroatoms. The second kappa shape index (κ2) is 5.29. The molecule has 2 aromatic carbocycles. The van der Waals surface area contributed by atoms with Crippen LogP contribution in [0.1, 0.15) is 35.9 Å². The average molecular weight is 370 g/mol. The Balaban J connectivity index is 2.03. The van der Waals surface area contributed by atoms with Crippen molar-refractivity contribution >= 4 is 27.5 Å². The van der Waals surface area contributed by atoms with Crippen LogP contribution in [-0.4, -0.2) is 6.61 Å². The van der Waals surface area contributed by atoms with Crippen molar-refractivity contribution in [1.82, 2.24) is 0 Å². The highest BCUT2D eigenvalue weighted by atomic mass is 79.9. The summed E-state index contributed by atoms with van der Waals surface area (Å²) < 4.78 is 19.8. The molecule has 1 aliphatic heterocycles. The molecule has 0 N–H and O–H groups in total. The molecule has 0 fully saturated rings. The van der Waals surface area contributed by atoms with Crippen molar-refractivity contribution in [1.29, 1.82) is 0 Å². The maximum absolute atomic E-state index is 13.7. The van der Waals surface area contributed by atoms with Gasteiger partial charge in [-0.05, 0) is 45.3 Å². The van der Waals surface area contributed by atoms with Gasteiger partial charge in [0.05, 0.1) is 16.5 Å². The minimum Gasteiger partial charge on any atom is -0.492 e. The van der Waals surface area contributed by atoms with Gasteiger partial charge in [0, 0.05) is 11.0 Å². The molecule has 1 atom stereocenters. The standard InChI is InChI=1S/C17H15BrClFO/c1-17(2)9-21-14-7-6-10(8-12(14)17)16(19)11-4-3-5-13(20)15(11)18/h3-8,16H,9H2,1-2H3. The second-order valence-electron chi connectivity index (χ2n) is 5.93. The number of ether oxygens (including phenoxy) is 1. The summed E-state index contributed by atoms with van der Waals surface area (Å²) in [6.45, 7) is 4.95. The van der Waals surface area contributed by atoms with Crippen LogP contribution in [0.4, 0.5) is 4.39 Å². The lowest BCUT2D eigenvalue weighted by Crippen LogP contribution is -2.18. The highest BCUT2D eigenvalue weighted by Gasteiger charge is 2.32. The summed E-state index contributed by atoms with van der Waals surface area (Å²) in [7, 11) is 0. The lowest BCUT2D eigenvalue weighted by molar-refractivity contribution is 0.291. The van der Waals surface area contributed by atoms with Crippen molar-refractivity contribution in [3.05, 3.63) is 63.4 Å². The molecule has 0 aliphatic carbocycles. The lowest BCUT2D eigenvalue weighted by atomic mass is 9.85. The minimum atomic E-state index is -0.406. The third-order valence-corrected chi connectivity index (χ3v) is 5.19. The van der Waals surface area contributed by atoms with Crippen LogP contribution in [0, 0.1) is 5.82 Å². The molecular formula is C17H15BrClFO. The molecule has 0 radical (unpaired) electrons. The van der Waals surface area contributed by atoms with Gasteiger partial charge >= 0.3 is 0 Å². The van der Waals surface area contributed by atoms with E-state index in [0.717, 1.165) is 22.4 Å². The molecule has 110 valence electrons. The highest BCUT2D eigenvalue weighted by molar-refractivity contribution is 9.10. The van der Waals surface area contributed by atoms with Crippen molar-refractivity contribution in [2.45, 2.75) is 24.6 Å². The SMILES string of the molecule is CC1(C)COc2ccc(C(Cl)c3cccc(F)c3Br)cc21. The van der Waals surface area contributed by atoms with Crippen LogP contribution in [-0.2, 0) is 5.41 Å². The zero-order valence-corrected chi connectivity index (χ0v) is 14.1. The maximum Gasteiger partial charge on any atom is 0.137 e. The average Bonchev–Trinajstić information content (AvgIpc) is 2.76. The van der Waals surface area contributed by atoms with E-state index in [-0.39, 0.29) is 11.2 Å². The van der Waals surface area contributed by atoms with Crippen LogP contribution in [0.15, 0.2) is 40.9 Å². The summed E-state index contributed by atoms with van der Waals surface area (Å²) in [5, 5.41) is -0.406. The summed E-state index contributed by atoms with van der Waals surface area (Å²) in [4.78, 5) is 0. The topological polar surface area (TPSA) is 9.23 Å². The Labute approximate surface area is 137 Å². The summed E-state index contributed by atoms with van der Waals surface area (Å²) in [6, 6.07) is 10.9. The van der Waals surface area contributed by atoms with E-state index in [9.17, 15) is 4.39 Å². The molecule has 0 aromatic heterocycles. The van der Waals surface area contributed by atoms with Gasteiger partial charge in [0.1, 0.15) is 11.6 Å². The Kier molecular flexibility index (Phi) is 3.74. The first-order valence-electron chi connectivity index (χ1n) is 6.75. The van der Waals surface area contributed by atoms with Gasteiger partial charge in [0.2, 0.25) is 0 Å². The quantitative estimate of drug-likeness (QED) is 0.627. The van der Waals surface area contributed by atoms with E-state index in [2.05, 4.69) is 35.8 Å². The molecule has 1 heterocycles. The van der Waals surface area contributed by atoms with Gasteiger partial charge in [-0.15, -0.1) is 11.6 Å². The first-order chi connectivity index (χ1) is 9.90. The van der Waals surface area contributed by atoms with E-state index in [0.29, 0.717) is 11.1 Å². The van der Waals surface area contributed by atoms with Gasteiger partial charge in [-0.1, -0.05) is 32.0 Å². The predicted octanol–water partition coefficient (Wildman–Crippen LogP) is 5.59. The molecule has 2 aromatic rings. The largest absolute Gasteiger partial charge is 0.492 e. The molecule has 0 bridgehead atoms. The van der Waals surface area contributed by atoms with Gasteiger partial charge in [-0.25, -0.2) is 4.39 Å². The van der Waals surface area contributed by atoms with E-state index in [1.807, 2.05) is 18.2 Å². The molecule has 1 nitrogen and oxygen atoms in total. The highest BCUT2D eigenvalue weighted by Crippen LogP contribution is 2.42. The minimum absolute atomic E-state index is 0.0267. The molecule has 1 aliphatic rings. The Morgan fingerprint density at radius 1 is 1.29 bits per heavy atom. The Morgan fingerprint density at radius 3 is 2.81 bits per heavy atom. The van der Waals surface area contributed by atoms with Crippen LogP contribution in [0.5, 0.6) is 5.75 Å². The third-order valence-electron chi connectivity index (χ3n) is 3.87. The second-order valence-corrected chi connectivity index (χ2v) is 7.16. The van der Waals surface area contributed by atoms with Gasteiger partial charge < -0.3 is 4.74 Å². The van der Waals surface area contributed by atoms with E-state index in [1.165, 1.54) is 6.07 Å². The molecule has 0 amide bonds. The zero-order chi connectivity index (χ0) is 15.2. The Morgan fingerprint density at radius 2 is 2.05 bits per heavy atom. The Bertz CT molecular complexity index is 699. The number of benzene rings is 2.